The molecule has 0 aliphatic rings. The number of halogens is 1. The molecule has 0 radical (unpaired) electrons. The van der Waals surface area contributed by atoms with Gasteiger partial charge in [0, 0.05) is 13.6 Å². The molecule has 0 spiro atoms. The first-order chi connectivity index (χ1) is 8.08. The van der Waals surface area contributed by atoms with Crippen molar-refractivity contribution in [3.05, 3.63) is 29.6 Å². The number of benzene rings is 1. The summed E-state index contributed by atoms with van der Waals surface area (Å²) >= 11 is 0. The Morgan fingerprint density at radius 1 is 1.59 bits per heavy atom. The molecule has 0 unspecified atom stereocenters. The molecule has 1 N–H and O–H groups in total. The van der Waals surface area contributed by atoms with Gasteiger partial charge < -0.3 is 10.2 Å². The number of nitrogens with one attached hydrogen (secondary N) is 1. The van der Waals surface area contributed by atoms with Gasteiger partial charge in [0.05, 0.1) is 17.8 Å². The lowest BCUT2D eigenvalue weighted by atomic mass is 10.1. The van der Waals surface area contributed by atoms with E-state index in [2.05, 4.69) is 5.32 Å². The molecule has 1 aromatic carbocycles. The van der Waals surface area contributed by atoms with Crippen molar-refractivity contribution < 1.29 is 9.18 Å². The largest absolute Gasteiger partial charge is 0.364 e. The summed E-state index contributed by atoms with van der Waals surface area (Å²) in [7, 11) is 1.68. The molecular formula is C12H14FN3O. The number of likely N-dealkylation sites (N-methyl/N-ethyl adjacent to an activating group) is 2. The maximum absolute atomic E-state index is 12.9. The number of carbonyl (C=O) groups is 1. The van der Waals surface area contributed by atoms with E-state index in [0.29, 0.717) is 12.2 Å². The molecule has 0 aromatic heterocycles. The van der Waals surface area contributed by atoms with Crippen molar-refractivity contribution in [2.24, 2.45) is 0 Å². The van der Waals surface area contributed by atoms with Crippen LogP contribution >= 0.6 is 0 Å². The summed E-state index contributed by atoms with van der Waals surface area (Å²) in [5.74, 6) is -0.597. The van der Waals surface area contributed by atoms with E-state index < -0.39 is 5.82 Å². The fourth-order valence-electron chi connectivity index (χ4n) is 1.48. The van der Waals surface area contributed by atoms with Gasteiger partial charge in [0.1, 0.15) is 11.9 Å². The minimum atomic E-state index is -0.461. The second-order valence-corrected chi connectivity index (χ2v) is 3.58. The smallest absolute Gasteiger partial charge is 0.239 e. The fraction of sp³-hybridized carbons (Fsp3) is 0.333. The van der Waals surface area contributed by atoms with E-state index in [4.69, 9.17) is 5.26 Å². The van der Waals surface area contributed by atoms with Crippen molar-refractivity contribution in [1.82, 2.24) is 5.32 Å². The molecule has 4 nitrogen and oxygen atoms in total. The summed E-state index contributed by atoms with van der Waals surface area (Å²) in [5, 5.41) is 11.5. The lowest BCUT2D eigenvalue weighted by molar-refractivity contribution is -0.119. The summed E-state index contributed by atoms with van der Waals surface area (Å²) < 4.78 is 12.9. The zero-order valence-electron chi connectivity index (χ0n) is 9.83. The average Bonchev–Trinajstić information content (AvgIpc) is 2.28. The van der Waals surface area contributed by atoms with E-state index >= 15 is 0 Å². The Morgan fingerprint density at radius 2 is 2.29 bits per heavy atom. The van der Waals surface area contributed by atoms with Gasteiger partial charge in [-0.1, -0.05) is 0 Å². The molecule has 0 saturated carbocycles. The number of hydrogen-bond acceptors (Lipinski definition) is 3. The number of rotatable bonds is 4. The average molecular weight is 235 g/mol. The van der Waals surface area contributed by atoms with Crippen molar-refractivity contribution in [3.63, 3.8) is 0 Å². The lowest BCUT2D eigenvalue weighted by Gasteiger charge is -2.19. The number of nitrogens with zero attached hydrogens (tertiary/aromatic N) is 2. The quantitative estimate of drug-likeness (QED) is 0.855. The third kappa shape index (κ3) is 3.45. The van der Waals surface area contributed by atoms with Gasteiger partial charge in [0.2, 0.25) is 5.91 Å². The summed E-state index contributed by atoms with van der Waals surface area (Å²) in [5.41, 5.74) is 0.761. The van der Waals surface area contributed by atoms with Gasteiger partial charge in [-0.15, -0.1) is 0 Å². The second kappa shape index (κ2) is 5.85. The maximum atomic E-state index is 12.9. The Balaban J connectivity index is 2.86. The van der Waals surface area contributed by atoms with Crippen LogP contribution in [-0.2, 0) is 4.79 Å². The number of amides is 1. The number of hydrogen-bond donors (Lipinski definition) is 1. The summed E-state index contributed by atoms with van der Waals surface area (Å²) in [6.07, 6.45) is 0. The zero-order chi connectivity index (χ0) is 12.8. The minimum Gasteiger partial charge on any atom is -0.364 e. The van der Waals surface area contributed by atoms with Gasteiger partial charge in [0.25, 0.3) is 0 Å². The molecule has 0 bridgehead atoms. The molecule has 0 aliphatic heterocycles. The van der Waals surface area contributed by atoms with Crippen LogP contribution in [-0.4, -0.2) is 26.0 Å². The molecule has 1 amide bonds. The predicted molar refractivity (Wildman–Crippen MR) is 63.1 cm³/mol. The molecule has 17 heavy (non-hydrogen) atoms. The van der Waals surface area contributed by atoms with Crippen molar-refractivity contribution in [1.29, 1.82) is 5.26 Å². The first kappa shape index (κ1) is 13.0. The summed E-state index contributed by atoms with van der Waals surface area (Å²) in [4.78, 5) is 13.0. The monoisotopic (exact) mass is 235 g/mol. The topological polar surface area (TPSA) is 56.1 Å². The van der Waals surface area contributed by atoms with E-state index in [0.717, 1.165) is 6.07 Å². The van der Waals surface area contributed by atoms with Crippen LogP contribution in [0.3, 0.4) is 0 Å². The normalized spacial score (nSPS) is 9.53. The van der Waals surface area contributed by atoms with Gasteiger partial charge in [-0.2, -0.15) is 5.26 Å². The first-order valence-corrected chi connectivity index (χ1v) is 5.26. The Bertz CT molecular complexity index is 454. The van der Waals surface area contributed by atoms with E-state index in [1.54, 1.807) is 11.9 Å². The maximum Gasteiger partial charge on any atom is 0.239 e. The van der Waals surface area contributed by atoms with Crippen LogP contribution in [0.25, 0.3) is 0 Å². The Hall–Kier alpha value is -2.09. The minimum absolute atomic E-state index is 0.133. The Morgan fingerprint density at radius 3 is 2.88 bits per heavy atom. The molecule has 0 heterocycles. The van der Waals surface area contributed by atoms with E-state index in [1.165, 1.54) is 12.1 Å². The SMILES string of the molecule is CCNC(=O)CN(C)c1ccc(F)cc1C#N. The molecular weight excluding hydrogens is 221 g/mol. The molecule has 0 aliphatic carbocycles. The third-order valence-electron chi connectivity index (χ3n) is 2.25. The van der Waals surface area contributed by atoms with Crippen LogP contribution in [0.2, 0.25) is 0 Å². The van der Waals surface area contributed by atoms with Gasteiger partial charge in [-0.25, -0.2) is 4.39 Å². The highest BCUT2D eigenvalue weighted by atomic mass is 19.1. The fourth-order valence-corrected chi connectivity index (χ4v) is 1.48. The standard InChI is InChI=1S/C12H14FN3O/c1-3-15-12(17)8-16(2)11-5-4-10(13)6-9(11)7-14/h4-6H,3,8H2,1-2H3,(H,15,17). The second-order valence-electron chi connectivity index (χ2n) is 3.58. The lowest BCUT2D eigenvalue weighted by Crippen LogP contribution is -2.35. The van der Waals surface area contributed by atoms with E-state index in [9.17, 15) is 9.18 Å². The Labute approximate surface area is 99.7 Å². The Kier molecular flexibility index (Phi) is 4.46. The number of carbonyl (C=O) groups excluding carboxylic acids is 1. The van der Waals surface area contributed by atoms with Crippen molar-refractivity contribution >= 4 is 11.6 Å². The molecule has 1 rings (SSSR count). The van der Waals surface area contributed by atoms with Crippen LogP contribution in [0.5, 0.6) is 0 Å². The molecule has 0 saturated heterocycles. The summed E-state index contributed by atoms with van der Waals surface area (Å²) in [6, 6.07) is 5.83. The van der Waals surface area contributed by atoms with Crippen molar-refractivity contribution in [3.8, 4) is 6.07 Å². The molecule has 0 atom stereocenters. The van der Waals surface area contributed by atoms with Crippen LogP contribution in [0, 0.1) is 17.1 Å². The van der Waals surface area contributed by atoms with E-state index in [1.807, 2.05) is 13.0 Å². The predicted octanol–water partition coefficient (Wildman–Crippen LogP) is 1.27. The molecule has 5 heteroatoms. The van der Waals surface area contributed by atoms with Crippen LogP contribution in [0.1, 0.15) is 12.5 Å². The summed E-state index contributed by atoms with van der Waals surface area (Å²) in [6.45, 7) is 2.52. The van der Waals surface area contributed by atoms with Crippen LogP contribution in [0.4, 0.5) is 10.1 Å². The van der Waals surface area contributed by atoms with Gasteiger partial charge in [-0.05, 0) is 25.1 Å². The number of nitriles is 1. The third-order valence-corrected chi connectivity index (χ3v) is 2.25. The van der Waals surface area contributed by atoms with Gasteiger partial charge in [-0.3, -0.25) is 4.79 Å². The van der Waals surface area contributed by atoms with Gasteiger partial charge >= 0.3 is 0 Å². The number of anilines is 1. The zero-order valence-corrected chi connectivity index (χ0v) is 9.83. The van der Waals surface area contributed by atoms with Crippen molar-refractivity contribution in [2.45, 2.75) is 6.92 Å². The molecule has 90 valence electrons. The van der Waals surface area contributed by atoms with Crippen LogP contribution < -0.4 is 10.2 Å². The molecule has 0 fully saturated rings. The van der Waals surface area contributed by atoms with E-state index in [-0.39, 0.29) is 18.0 Å². The highest BCUT2D eigenvalue weighted by Gasteiger charge is 2.11. The highest BCUT2D eigenvalue weighted by Crippen LogP contribution is 2.19. The first-order valence-electron chi connectivity index (χ1n) is 5.26. The van der Waals surface area contributed by atoms with Gasteiger partial charge in [0.15, 0.2) is 0 Å². The highest BCUT2D eigenvalue weighted by molar-refractivity contribution is 5.81. The van der Waals surface area contributed by atoms with Crippen LogP contribution in [0.15, 0.2) is 18.2 Å². The van der Waals surface area contributed by atoms with Crippen molar-refractivity contribution in [2.75, 3.05) is 25.0 Å². The molecule has 1 aromatic rings.